The third kappa shape index (κ3) is 3.93. The second kappa shape index (κ2) is 7.33. The average Bonchev–Trinajstić information content (AvgIpc) is 3.24. The van der Waals surface area contributed by atoms with Crippen LogP contribution in [0.25, 0.3) is 0 Å². The van der Waals surface area contributed by atoms with Crippen molar-refractivity contribution in [1.82, 2.24) is 10.2 Å². The van der Waals surface area contributed by atoms with Crippen LogP contribution >= 0.6 is 0 Å². The summed E-state index contributed by atoms with van der Waals surface area (Å²) in [5.41, 5.74) is 1.21. The van der Waals surface area contributed by atoms with Crippen LogP contribution in [0.2, 0.25) is 0 Å². The molecule has 0 aliphatic carbocycles. The molecular weight excluding hydrogens is 292 g/mol. The fourth-order valence-corrected chi connectivity index (χ4v) is 3.08. The maximum absolute atomic E-state index is 12.2. The molecule has 122 valence electrons. The molecule has 1 N–H and O–H groups in total. The summed E-state index contributed by atoms with van der Waals surface area (Å²) in [6.07, 6.45) is 3.78. The van der Waals surface area contributed by atoms with Crippen molar-refractivity contribution < 1.29 is 13.9 Å². The second-order valence-corrected chi connectivity index (χ2v) is 5.76. The van der Waals surface area contributed by atoms with Crippen LogP contribution in [-0.4, -0.2) is 31.0 Å². The number of carbonyl (C=O) groups excluding carboxylic acids is 1. The number of nitrogens with one attached hydrogen (secondary N) is 1. The van der Waals surface area contributed by atoms with Gasteiger partial charge in [-0.05, 0) is 49.2 Å². The van der Waals surface area contributed by atoms with E-state index in [0.29, 0.717) is 13.1 Å². The maximum atomic E-state index is 12.2. The number of likely N-dealkylation sites (tertiary alicyclic amines) is 1. The molecule has 1 aliphatic rings. The van der Waals surface area contributed by atoms with E-state index in [-0.39, 0.29) is 11.9 Å². The third-order valence-corrected chi connectivity index (χ3v) is 4.23. The second-order valence-electron chi connectivity index (χ2n) is 5.76. The Labute approximate surface area is 136 Å². The number of methoxy groups -OCH3 is 1. The first-order valence-corrected chi connectivity index (χ1v) is 7.93. The van der Waals surface area contributed by atoms with E-state index in [2.05, 4.69) is 22.3 Å². The summed E-state index contributed by atoms with van der Waals surface area (Å²) in [5.74, 6) is 1.65. The number of furan rings is 1. The summed E-state index contributed by atoms with van der Waals surface area (Å²) in [5, 5.41) is 2.91. The molecule has 2 aromatic rings. The monoisotopic (exact) mass is 314 g/mol. The van der Waals surface area contributed by atoms with Gasteiger partial charge in [0.2, 0.25) is 5.91 Å². The van der Waals surface area contributed by atoms with E-state index >= 15 is 0 Å². The predicted molar refractivity (Wildman–Crippen MR) is 87.1 cm³/mol. The Hall–Kier alpha value is -2.27. The van der Waals surface area contributed by atoms with Crippen molar-refractivity contribution in [2.24, 2.45) is 0 Å². The number of hydrogen-bond donors (Lipinski definition) is 1. The lowest BCUT2D eigenvalue weighted by atomic mass is 10.0. The molecule has 0 saturated carbocycles. The predicted octanol–water partition coefficient (Wildman–Crippen LogP) is 2.74. The summed E-state index contributed by atoms with van der Waals surface area (Å²) in [4.78, 5) is 14.4. The van der Waals surface area contributed by atoms with E-state index in [1.54, 1.807) is 13.4 Å². The van der Waals surface area contributed by atoms with Crippen LogP contribution < -0.4 is 10.1 Å². The highest BCUT2D eigenvalue weighted by Gasteiger charge is 2.27. The lowest BCUT2D eigenvalue weighted by molar-refractivity contribution is -0.122. The van der Waals surface area contributed by atoms with Gasteiger partial charge in [-0.3, -0.25) is 9.69 Å². The Morgan fingerprint density at radius 2 is 2.30 bits per heavy atom. The SMILES string of the molecule is COc1cccc([C@H]2CCCN2CC(=O)NCc2ccco2)c1. The van der Waals surface area contributed by atoms with E-state index in [1.165, 1.54) is 5.56 Å². The number of benzene rings is 1. The molecular formula is C18H22N2O3. The van der Waals surface area contributed by atoms with Crippen LogP contribution in [0.1, 0.15) is 30.2 Å². The largest absolute Gasteiger partial charge is 0.497 e. The molecule has 5 heteroatoms. The van der Waals surface area contributed by atoms with Crippen LogP contribution in [0.5, 0.6) is 5.75 Å². The van der Waals surface area contributed by atoms with Gasteiger partial charge in [-0.15, -0.1) is 0 Å². The first-order valence-electron chi connectivity index (χ1n) is 7.93. The first kappa shape index (κ1) is 15.6. The van der Waals surface area contributed by atoms with Gasteiger partial charge in [0.25, 0.3) is 0 Å². The molecule has 1 aromatic heterocycles. The fourth-order valence-electron chi connectivity index (χ4n) is 3.08. The highest BCUT2D eigenvalue weighted by Crippen LogP contribution is 2.32. The summed E-state index contributed by atoms with van der Waals surface area (Å²) in [6.45, 7) is 1.78. The Kier molecular flexibility index (Phi) is 4.98. The Balaban J connectivity index is 1.58. The highest BCUT2D eigenvalue weighted by molar-refractivity contribution is 5.78. The zero-order valence-corrected chi connectivity index (χ0v) is 13.3. The maximum Gasteiger partial charge on any atom is 0.234 e. The van der Waals surface area contributed by atoms with Crippen molar-refractivity contribution in [3.05, 3.63) is 54.0 Å². The Bertz CT molecular complexity index is 639. The minimum absolute atomic E-state index is 0.0243. The zero-order chi connectivity index (χ0) is 16.1. The van der Waals surface area contributed by atoms with Gasteiger partial charge in [0.1, 0.15) is 11.5 Å². The molecule has 1 atom stereocenters. The van der Waals surface area contributed by atoms with Gasteiger partial charge in [0.05, 0.1) is 26.5 Å². The summed E-state index contributed by atoms with van der Waals surface area (Å²) >= 11 is 0. The molecule has 0 spiro atoms. The van der Waals surface area contributed by atoms with E-state index in [9.17, 15) is 4.79 Å². The quantitative estimate of drug-likeness (QED) is 0.891. The van der Waals surface area contributed by atoms with Crippen molar-refractivity contribution >= 4 is 5.91 Å². The topological polar surface area (TPSA) is 54.7 Å². The van der Waals surface area contributed by atoms with Crippen molar-refractivity contribution in [2.45, 2.75) is 25.4 Å². The molecule has 1 saturated heterocycles. The highest BCUT2D eigenvalue weighted by atomic mass is 16.5. The lowest BCUT2D eigenvalue weighted by Gasteiger charge is -2.24. The van der Waals surface area contributed by atoms with E-state index in [4.69, 9.17) is 9.15 Å². The Morgan fingerprint density at radius 3 is 3.09 bits per heavy atom. The van der Waals surface area contributed by atoms with Crippen molar-refractivity contribution in [3.63, 3.8) is 0 Å². The van der Waals surface area contributed by atoms with Crippen molar-refractivity contribution in [2.75, 3.05) is 20.2 Å². The number of hydrogen-bond acceptors (Lipinski definition) is 4. The van der Waals surface area contributed by atoms with Gasteiger partial charge in [0.15, 0.2) is 0 Å². The molecule has 0 bridgehead atoms. The molecule has 1 aromatic carbocycles. The van der Waals surface area contributed by atoms with Crippen LogP contribution in [0.3, 0.4) is 0 Å². The van der Waals surface area contributed by atoms with Crippen LogP contribution in [0.4, 0.5) is 0 Å². The molecule has 2 heterocycles. The van der Waals surface area contributed by atoms with Crippen molar-refractivity contribution in [3.8, 4) is 5.75 Å². The normalized spacial score (nSPS) is 18.0. The molecule has 1 amide bonds. The molecule has 1 aliphatic heterocycles. The number of carbonyl (C=O) groups is 1. The molecule has 1 fully saturated rings. The van der Waals surface area contributed by atoms with Gasteiger partial charge >= 0.3 is 0 Å². The number of amides is 1. The smallest absolute Gasteiger partial charge is 0.234 e. The van der Waals surface area contributed by atoms with Crippen LogP contribution in [0, 0.1) is 0 Å². The number of ether oxygens (including phenoxy) is 1. The molecule has 0 unspecified atom stereocenters. The first-order chi connectivity index (χ1) is 11.3. The summed E-state index contributed by atoms with van der Waals surface area (Å²) < 4.78 is 10.5. The third-order valence-electron chi connectivity index (χ3n) is 4.23. The minimum atomic E-state index is 0.0243. The molecule has 3 rings (SSSR count). The average molecular weight is 314 g/mol. The van der Waals surface area contributed by atoms with Gasteiger partial charge in [-0.1, -0.05) is 12.1 Å². The molecule has 5 nitrogen and oxygen atoms in total. The van der Waals surface area contributed by atoms with Crippen LogP contribution in [-0.2, 0) is 11.3 Å². The van der Waals surface area contributed by atoms with Crippen LogP contribution in [0.15, 0.2) is 47.1 Å². The zero-order valence-electron chi connectivity index (χ0n) is 13.3. The molecule has 0 radical (unpaired) electrons. The van der Waals surface area contributed by atoms with Crippen molar-refractivity contribution in [1.29, 1.82) is 0 Å². The summed E-state index contributed by atoms with van der Waals surface area (Å²) in [6, 6.07) is 12.1. The minimum Gasteiger partial charge on any atom is -0.497 e. The van der Waals surface area contributed by atoms with Gasteiger partial charge in [-0.2, -0.15) is 0 Å². The van der Waals surface area contributed by atoms with E-state index in [0.717, 1.165) is 30.9 Å². The van der Waals surface area contributed by atoms with Gasteiger partial charge in [0, 0.05) is 6.04 Å². The standard InChI is InChI=1S/C18H22N2O3/c1-22-15-6-2-5-14(11-15)17-8-3-9-20(17)13-18(21)19-12-16-7-4-10-23-16/h2,4-7,10-11,17H,3,8-9,12-13H2,1H3,(H,19,21)/t17-/m1/s1. The van der Waals surface area contributed by atoms with E-state index < -0.39 is 0 Å². The van der Waals surface area contributed by atoms with Gasteiger partial charge in [-0.25, -0.2) is 0 Å². The lowest BCUT2D eigenvalue weighted by Crippen LogP contribution is -2.36. The summed E-state index contributed by atoms with van der Waals surface area (Å²) in [7, 11) is 1.67. The number of rotatable bonds is 6. The number of nitrogens with zero attached hydrogens (tertiary/aromatic N) is 1. The molecule has 23 heavy (non-hydrogen) atoms. The Morgan fingerprint density at radius 1 is 1.39 bits per heavy atom. The fraction of sp³-hybridized carbons (Fsp3) is 0.389. The van der Waals surface area contributed by atoms with Gasteiger partial charge < -0.3 is 14.5 Å². The van der Waals surface area contributed by atoms with E-state index in [1.807, 2.05) is 24.3 Å².